The molecule has 4 nitrogen and oxygen atoms in total. The maximum absolute atomic E-state index is 12.9. The van der Waals surface area contributed by atoms with Crippen LogP contribution in [0.25, 0.3) is 10.2 Å². The van der Waals surface area contributed by atoms with Crippen LogP contribution < -0.4 is 0 Å². The van der Waals surface area contributed by atoms with Crippen molar-refractivity contribution in [3.05, 3.63) is 56.8 Å². The largest absolute Gasteiger partial charge is 0.462 e. The van der Waals surface area contributed by atoms with Gasteiger partial charge in [-0.1, -0.05) is 29.8 Å². The molecule has 27 heavy (non-hydrogen) atoms. The van der Waals surface area contributed by atoms with E-state index in [1.54, 1.807) is 19.9 Å². The van der Waals surface area contributed by atoms with E-state index in [2.05, 4.69) is 9.97 Å². The zero-order valence-corrected chi connectivity index (χ0v) is 15.9. The highest BCUT2D eigenvalue weighted by atomic mass is 35.5. The third-order valence-electron chi connectivity index (χ3n) is 3.87. The molecule has 0 fully saturated rings. The van der Waals surface area contributed by atoms with Crippen molar-refractivity contribution in [1.82, 2.24) is 9.97 Å². The van der Waals surface area contributed by atoms with Crippen molar-refractivity contribution in [2.45, 2.75) is 26.4 Å². The number of carbonyl (C=O) groups is 1. The molecule has 1 aromatic carbocycles. The Kier molecular flexibility index (Phi) is 5.39. The number of hydrogen-bond acceptors (Lipinski definition) is 5. The Morgan fingerprint density at radius 3 is 2.70 bits per heavy atom. The van der Waals surface area contributed by atoms with Crippen LogP contribution in [-0.4, -0.2) is 22.5 Å². The van der Waals surface area contributed by atoms with Crippen LogP contribution in [0.5, 0.6) is 0 Å². The Balaban J connectivity index is 1.98. The molecular formula is C18H14ClF3N2O2S. The lowest BCUT2D eigenvalue weighted by atomic mass is 10.1. The molecule has 2 heterocycles. The molecule has 9 heteroatoms. The Bertz CT molecular complexity index is 1020. The van der Waals surface area contributed by atoms with Gasteiger partial charge in [-0.25, -0.2) is 14.8 Å². The van der Waals surface area contributed by atoms with Crippen LogP contribution >= 0.6 is 22.9 Å². The molecule has 0 radical (unpaired) electrons. The predicted molar refractivity (Wildman–Crippen MR) is 97.4 cm³/mol. The molecule has 3 aromatic rings. The van der Waals surface area contributed by atoms with Crippen molar-refractivity contribution < 1.29 is 22.7 Å². The topological polar surface area (TPSA) is 52.1 Å². The highest BCUT2D eigenvalue weighted by Crippen LogP contribution is 2.35. The first kappa shape index (κ1) is 19.6. The van der Waals surface area contributed by atoms with Gasteiger partial charge in [0.05, 0.1) is 17.6 Å². The van der Waals surface area contributed by atoms with Crippen molar-refractivity contribution in [2.75, 3.05) is 6.61 Å². The smallest absolute Gasteiger partial charge is 0.416 e. The van der Waals surface area contributed by atoms with Gasteiger partial charge in [0, 0.05) is 6.42 Å². The van der Waals surface area contributed by atoms with Crippen LogP contribution in [-0.2, 0) is 17.3 Å². The molecular weight excluding hydrogens is 401 g/mol. The highest BCUT2D eigenvalue weighted by molar-refractivity contribution is 7.20. The summed E-state index contributed by atoms with van der Waals surface area (Å²) in [5, 5.41) is 0.712. The highest BCUT2D eigenvalue weighted by Gasteiger charge is 2.30. The van der Waals surface area contributed by atoms with E-state index in [0.29, 0.717) is 26.2 Å². The molecule has 0 aliphatic rings. The van der Waals surface area contributed by atoms with E-state index in [1.165, 1.54) is 6.07 Å². The Hall–Kier alpha value is -2.19. The minimum atomic E-state index is -4.42. The van der Waals surface area contributed by atoms with E-state index >= 15 is 0 Å². The van der Waals surface area contributed by atoms with Crippen molar-refractivity contribution >= 4 is 39.1 Å². The zero-order valence-electron chi connectivity index (χ0n) is 14.4. The molecule has 0 aliphatic heterocycles. The SMILES string of the molecule is CCOC(=O)c1sc2nc(Cc3cccc(C(F)(F)F)c3)nc(Cl)c2c1C. The first-order valence-corrected chi connectivity index (χ1v) is 9.19. The number of fused-ring (bicyclic) bond motifs is 1. The van der Waals surface area contributed by atoms with Crippen LogP contribution in [0.4, 0.5) is 13.2 Å². The average molecular weight is 415 g/mol. The van der Waals surface area contributed by atoms with E-state index in [4.69, 9.17) is 16.3 Å². The number of ether oxygens (including phenoxy) is 1. The summed E-state index contributed by atoms with van der Waals surface area (Å²) in [5.41, 5.74) is 0.312. The van der Waals surface area contributed by atoms with Gasteiger partial charge in [-0.2, -0.15) is 13.2 Å². The molecule has 3 rings (SSSR count). The Labute approximate surface area is 162 Å². The van der Waals surface area contributed by atoms with Gasteiger partial charge in [-0.3, -0.25) is 0 Å². The second-order valence-corrected chi connectivity index (χ2v) is 7.12. The predicted octanol–water partition coefficient (Wildman–Crippen LogP) is 5.44. The van der Waals surface area contributed by atoms with Gasteiger partial charge < -0.3 is 4.74 Å². The fraction of sp³-hybridized carbons (Fsp3) is 0.278. The molecule has 0 amide bonds. The number of esters is 1. The monoisotopic (exact) mass is 414 g/mol. The minimum absolute atomic E-state index is 0.0886. The number of rotatable bonds is 4. The molecule has 0 bridgehead atoms. The van der Waals surface area contributed by atoms with E-state index < -0.39 is 17.7 Å². The lowest BCUT2D eigenvalue weighted by molar-refractivity contribution is -0.137. The molecule has 2 aromatic heterocycles. The minimum Gasteiger partial charge on any atom is -0.462 e. The molecule has 0 saturated carbocycles. The first-order chi connectivity index (χ1) is 12.7. The van der Waals surface area contributed by atoms with Crippen molar-refractivity contribution in [1.29, 1.82) is 0 Å². The Morgan fingerprint density at radius 1 is 1.30 bits per heavy atom. The first-order valence-electron chi connectivity index (χ1n) is 7.99. The van der Waals surface area contributed by atoms with Crippen molar-refractivity contribution in [2.24, 2.45) is 0 Å². The van der Waals surface area contributed by atoms with E-state index in [1.807, 2.05) is 0 Å². The number of alkyl halides is 3. The zero-order chi connectivity index (χ0) is 19.8. The van der Waals surface area contributed by atoms with Gasteiger partial charge in [0.15, 0.2) is 0 Å². The number of carbonyl (C=O) groups excluding carboxylic acids is 1. The molecule has 0 unspecified atom stereocenters. The molecule has 142 valence electrons. The second-order valence-electron chi connectivity index (χ2n) is 5.76. The summed E-state index contributed by atoms with van der Waals surface area (Å²) >= 11 is 7.38. The van der Waals surface area contributed by atoms with Crippen molar-refractivity contribution in [3.63, 3.8) is 0 Å². The van der Waals surface area contributed by atoms with Crippen LogP contribution in [0.2, 0.25) is 5.15 Å². The summed E-state index contributed by atoms with van der Waals surface area (Å²) in [5.74, 6) is -0.183. The normalized spacial score (nSPS) is 11.8. The maximum Gasteiger partial charge on any atom is 0.416 e. The molecule has 0 saturated heterocycles. The molecule has 0 N–H and O–H groups in total. The average Bonchev–Trinajstić information content (AvgIpc) is 2.92. The number of halogens is 4. The Morgan fingerprint density at radius 2 is 2.04 bits per heavy atom. The van der Waals surface area contributed by atoms with Crippen LogP contribution in [0.15, 0.2) is 24.3 Å². The maximum atomic E-state index is 12.9. The van der Waals surface area contributed by atoms with Crippen LogP contribution in [0, 0.1) is 6.92 Å². The number of benzene rings is 1. The van der Waals surface area contributed by atoms with Crippen LogP contribution in [0.3, 0.4) is 0 Å². The summed E-state index contributed by atoms with van der Waals surface area (Å²) in [6.45, 7) is 3.68. The second kappa shape index (κ2) is 7.44. The number of thiophene rings is 1. The van der Waals surface area contributed by atoms with E-state index in [0.717, 1.165) is 23.5 Å². The van der Waals surface area contributed by atoms with Gasteiger partial charge in [0.2, 0.25) is 0 Å². The summed E-state index contributed by atoms with van der Waals surface area (Å²) in [7, 11) is 0. The third-order valence-corrected chi connectivity index (χ3v) is 5.31. The third kappa shape index (κ3) is 4.06. The molecule has 0 aliphatic carbocycles. The lowest BCUT2D eigenvalue weighted by Gasteiger charge is -2.08. The summed E-state index contributed by atoms with van der Waals surface area (Å²) in [6.07, 6.45) is -4.33. The quantitative estimate of drug-likeness (QED) is 0.421. The van der Waals surface area contributed by atoms with Gasteiger partial charge in [0.1, 0.15) is 20.7 Å². The summed E-state index contributed by atoms with van der Waals surface area (Å²) in [4.78, 5) is 21.5. The summed E-state index contributed by atoms with van der Waals surface area (Å²) in [6, 6.07) is 4.98. The van der Waals surface area contributed by atoms with Gasteiger partial charge in [-0.05, 0) is 31.0 Å². The number of nitrogens with zero attached hydrogens (tertiary/aromatic N) is 2. The van der Waals surface area contributed by atoms with Gasteiger partial charge in [0.25, 0.3) is 0 Å². The molecule has 0 atom stereocenters. The summed E-state index contributed by atoms with van der Waals surface area (Å²) < 4.78 is 43.6. The van der Waals surface area contributed by atoms with Crippen molar-refractivity contribution in [3.8, 4) is 0 Å². The van der Waals surface area contributed by atoms with Gasteiger partial charge >= 0.3 is 12.1 Å². The van der Waals surface area contributed by atoms with E-state index in [9.17, 15) is 18.0 Å². The van der Waals surface area contributed by atoms with Gasteiger partial charge in [-0.15, -0.1) is 11.3 Å². The number of aryl methyl sites for hydroxylation is 1. The van der Waals surface area contributed by atoms with Crippen LogP contribution in [0.1, 0.15) is 39.1 Å². The fourth-order valence-electron chi connectivity index (χ4n) is 2.64. The fourth-order valence-corrected chi connectivity index (χ4v) is 4.12. The molecule has 0 spiro atoms. The lowest BCUT2D eigenvalue weighted by Crippen LogP contribution is -2.06. The standard InChI is InChI=1S/C18H14ClF3N2O2S/c1-3-26-17(25)14-9(2)13-15(19)23-12(24-16(13)27-14)8-10-5-4-6-11(7-10)18(20,21)22/h4-7H,3,8H2,1-2H3. The number of hydrogen-bond donors (Lipinski definition) is 0. The number of aromatic nitrogens is 2. The van der Waals surface area contributed by atoms with E-state index in [-0.39, 0.29) is 24.0 Å².